The van der Waals surface area contributed by atoms with Gasteiger partial charge in [0.1, 0.15) is 0 Å². The zero-order valence-corrected chi connectivity index (χ0v) is 12.3. The number of amides is 1. The smallest absolute Gasteiger partial charge is 0.247 e. The first-order chi connectivity index (χ1) is 10.7. The molecule has 0 bridgehead atoms. The number of carbonyl (C=O) groups excluding carboxylic acids is 1. The van der Waals surface area contributed by atoms with Crippen molar-refractivity contribution in [1.82, 2.24) is 10.5 Å². The van der Waals surface area contributed by atoms with E-state index in [1.54, 1.807) is 17.9 Å². The van der Waals surface area contributed by atoms with Crippen LogP contribution in [0.2, 0.25) is 0 Å². The Kier molecular flexibility index (Phi) is 6.06. The zero-order valence-electron chi connectivity index (χ0n) is 12.3. The first-order valence-electron chi connectivity index (χ1n) is 7.28. The van der Waals surface area contributed by atoms with Crippen molar-refractivity contribution in [3.05, 3.63) is 65.5 Å². The Bertz CT molecular complexity index is 585. The Balaban J connectivity index is 1.78. The lowest BCUT2D eigenvalue weighted by Crippen LogP contribution is -2.20. The number of rotatable bonds is 7. The van der Waals surface area contributed by atoms with Gasteiger partial charge in [0.2, 0.25) is 5.91 Å². The summed E-state index contributed by atoms with van der Waals surface area (Å²) < 4.78 is 0. The molecule has 0 radical (unpaired) electrons. The number of hydrogen-bond donors (Lipinski definition) is 3. The SMILES string of the molecule is O=C(Cc1ccc(CCCC(O)c2ccncc2)cc1)NO. The number of aromatic nitrogens is 1. The van der Waals surface area contributed by atoms with Gasteiger partial charge in [0, 0.05) is 12.4 Å². The van der Waals surface area contributed by atoms with Gasteiger partial charge >= 0.3 is 0 Å². The van der Waals surface area contributed by atoms with Gasteiger partial charge in [-0.3, -0.25) is 15.0 Å². The lowest BCUT2D eigenvalue weighted by Gasteiger charge is -2.10. The molecule has 1 heterocycles. The first kappa shape index (κ1) is 16.1. The van der Waals surface area contributed by atoms with Crippen LogP contribution in [0.5, 0.6) is 0 Å². The van der Waals surface area contributed by atoms with Gasteiger partial charge < -0.3 is 5.11 Å². The highest BCUT2D eigenvalue weighted by Crippen LogP contribution is 2.18. The topological polar surface area (TPSA) is 82.5 Å². The second kappa shape index (κ2) is 8.26. The minimum atomic E-state index is -0.462. The normalized spacial score (nSPS) is 11.9. The number of aliphatic hydroxyl groups is 1. The fourth-order valence-electron chi connectivity index (χ4n) is 2.30. The molecule has 5 heteroatoms. The molecule has 2 rings (SSSR count). The number of hydrogen-bond acceptors (Lipinski definition) is 4. The van der Waals surface area contributed by atoms with Gasteiger partial charge in [0.15, 0.2) is 0 Å². The lowest BCUT2D eigenvalue weighted by atomic mass is 10.0. The van der Waals surface area contributed by atoms with Crippen LogP contribution in [0.3, 0.4) is 0 Å². The molecule has 1 amide bonds. The molecule has 1 aromatic heterocycles. The summed E-state index contributed by atoms with van der Waals surface area (Å²) in [6, 6.07) is 11.3. The number of nitrogens with zero attached hydrogens (tertiary/aromatic N) is 1. The molecule has 5 nitrogen and oxygen atoms in total. The van der Waals surface area contributed by atoms with Crippen molar-refractivity contribution in [2.24, 2.45) is 0 Å². The van der Waals surface area contributed by atoms with E-state index < -0.39 is 12.0 Å². The molecule has 2 aromatic rings. The van der Waals surface area contributed by atoms with Crippen LogP contribution in [0.4, 0.5) is 0 Å². The van der Waals surface area contributed by atoms with E-state index in [0.29, 0.717) is 6.42 Å². The molecule has 1 unspecified atom stereocenters. The van der Waals surface area contributed by atoms with Crippen molar-refractivity contribution in [3.8, 4) is 0 Å². The number of carbonyl (C=O) groups is 1. The maximum atomic E-state index is 11.1. The summed E-state index contributed by atoms with van der Waals surface area (Å²) in [5.74, 6) is -0.423. The Morgan fingerprint density at radius 1 is 1.09 bits per heavy atom. The molecule has 1 aromatic carbocycles. The van der Waals surface area contributed by atoms with E-state index >= 15 is 0 Å². The monoisotopic (exact) mass is 300 g/mol. The first-order valence-corrected chi connectivity index (χ1v) is 7.28. The van der Waals surface area contributed by atoms with Crippen LogP contribution in [0, 0.1) is 0 Å². The molecule has 0 saturated heterocycles. The summed E-state index contributed by atoms with van der Waals surface area (Å²) >= 11 is 0. The van der Waals surface area contributed by atoms with E-state index in [-0.39, 0.29) is 6.42 Å². The molecular weight excluding hydrogens is 280 g/mol. The molecule has 1 atom stereocenters. The number of hydroxylamine groups is 1. The maximum absolute atomic E-state index is 11.1. The molecule has 0 saturated carbocycles. The molecule has 0 aliphatic heterocycles. The van der Waals surface area contributed by atoms with Crippen molar-refractivity contribution in [1.29, 1.82) is 0 Å². The highest BCUT2D eigenvalue weighted by atomic mass is 16.5. The van der Waals surface area contributed by atoms with E-state index in [1.165, 1.54) is 0 Å². The number of pyridine rings is 1. The van der Waals surface area contributed by atoms with E-state index in [2.05, 4.69) is 4.98 Å². The third-order valence-corrected chi connectivity index (χ3v) is 3.55. The van der Waals surface area contributed by atoms with Crippen molar-refractivity contribution in [3.63, 3.8) is 0 Å². The van der Waals surface area contributed by atoms with Gasteiger partial charge in [-0.15, -0.1) is 0 Å². The van der Waals surface area contributed by atoms with Crippen molar-refractivity contribution in [2.75, 3.05) is 0 Å². The Morgan fingerprint density at radius 3 is 2.36 bits per heavy atom. The Hall–Kier alpha value is -2.24. The predicted molar refractivity (Wildman–Crippen MR) is 82.2 cm³/mol. The van der Waals surface area contributed by atoms with Crippen molar-refractivity contribution in [2.45, 2.75) is 31.8 Å². The van der Waals surface area contributed by atoms with Gasteiger partial charge in [-0.1, -0.05) is 24.3 Å². The van der Waals surface area contributed by atoms with Crippen LogP contribution in [0.25, 0.3) is 0 Å². The molecule has 0 spiro atoms. The molecule has 116 valence electrons. The second-order valence-corrected chi connectivity index (χ2v) is 5.22. The standard InChI is InChI=1S/C17H20N2O3/c20-16(15-8-10-18-11-9-15)3-1-2-13-4-6-14(7-5-13)12-17(21)19-22/h4-11,16,20,22H,1-3,12H2,(H,19,21). The van der Waals surface area contributed by atoms with Crippen LogP contribution in [0.1, 0.15) is 35.6 Å². The molecule has 22 heavy (non-hydrogen) atoms. The largest absolute Gasteiger partial charge is 0.388 e. The van der Waals surface area contributed by atoms with E-state index in [1.807, 2.05) is 36.4 Å². The number of nitrogens with one attached hydrogen (secondary N) is 1. The number of aryl methyl sites for hydroxylation is 1. The summed E-state index contributed by atoms with van der Waals surface area (Å²) in [5.41, 5.74) is 4.52. The average molecular weight is 300 g/mol. The Morgan fingerprint density at radius 2 is 1.73 bits per heavy atom. The van der Waals surface area contributed by atoms with E-state index in [9.17, 15) is 9.90 Å². The Labute approximate surface area is 129 Å². The molecule has 0 aliphatic rings. The molecule has 0 fully saturated rings. The van der Waals surface area contributed by atoms with Crippen LogP contribution in [-0.4, -0.2) is 21.2 Å². The summed E-state index contributed by atoms with van der Waals surface area (Å²) in [7, 11) is 0. The summed E-state index contributed by atoms with van der Waals surface area (Å²) in [6.45, 7) is 0. The minimum Gasteiger partial charge on any atom is -0.388 e. The minimum absolute atomic E-state index is 0.164. The highest BCUT2D eigenvalue weighted by molar-refractivity contribution is 5.77. The third-order valence-electron chi connectivity index (χ3n) is 3.55. The van der Waals surface area contributed by atoms with Crippen LogP contribution >= 0.6 is 0 Å². The van der Waals surface area contributed by atoms with E-state index in [4.69, 9.17) is 5.21 Å². The second-order valence-electron chi connectivity index (χ2n) is 5.22. The van der Waals surface area contributed by atoms with Crippen molar-refractivity contribution >= 4 is 5.91 Å². The van der Waals surface area contributed by atoms with Gasteiger partial charge in [-0.2, -0.15) is 0 Å². The highest BCUT2D eigenvalue weighted by Gasteiger charge is 2.07. The third kappa shape index (κ3) is 4.95. The van der Waals surface area contributed by atoms with Crippen LogP contribution < -0.4 is 5.48 Å². The zero-order chi connectivity index (χ0) is 15.8. The van der Waals surface area contributed by atoms with E-state index in [0.717, 1.165) is 29.5 Å². The predicted octanol–water partition coefficient (Wildman–Crippen LogP) is 2.19. The summed E-state index contributed by atoms with van der Waals surface area (Å²) in [5, 5.41) is 18.6. The van der Waals surface area contributed by atoms with Gasteiger partial charge in [0.05, 0.1) is 12.5 Å². The van der Waals surface area contributed by atoms with Gasteiger partial charge in [-0.05, 0) is 48.1 Å². The lowest BCUT2D eigenvalue weighted by molar-refractivity contribution is -0.128. The average Bonchev–Trinajstić information content (AvgIpc) is 2.57. The van der Waals surface area contributed by atoms with Crippen molar-refractivity contribution < 1.29 is 15.1 Å². The maximum Gasteiger partial charge on any atom is 0.247 e. The van der Waals surface area contributed by atoms with Gasteiger partial charge in [-0.25, -0.2) is 5.48 Å². The molecular formula is C17H20N2O3. The fourth-order valence-corrected chi connectivity index (χ4v) is 2.30. The number of benzene rings is 1. The summed E-state index contributed by atoms with van der Waals surface area (Å²) in [6.07, 6.45) is 5.50. The van der Waals surface area contributed by atoms with Crippen LogP contribution in [-0.2, 0) is 17.6 Å². The molecule has 0 aliphatic carbocycles. The fraction of sp³-hybridized carbons (Fsp3) is 0.294. The molecule has 3 N–H and O–H groups in total. The summed E-state index contributed by atoms with van der Waals surface area (Å²) in [4.78, 5) is 15.0. The quantitative estimate of drug-likeness (QED) is 0.541. The van der Waals surface area contributed by atoms with Gasteiger partial charge in [0.25, 0.3) is 0 Å². The van der Waals surface area contributed by atoms with Crippen LogP contribution in [0.15, 0.2) is 48.8 Å². The number of aliphatic hydroxyl groups excluding tert-OH is 1.